The van der Waals surface area contributed by atoms with Crippen LogP contribution in [-0.2, 0) is 15.2 Å². The molecule has 0 unspecified atom stereocenters. The molecule has 0 fully saturated rings. The van der Waals surface area contributed by atoms with E-state index in [9.17, 15) is 17.1 Å². The van der Waals surface area contributed by atoms with Gasteiger partial charge in [0.1, 0.15) is 8.07 Å². The number of hydrogen-bond donors (Lipinski definition) is 0. The lowest BCUT2D eigenvalue weighted by atomic mass is 9.92. The second-order valence-corrected chi connectivity index (χ2v) is 12.1. The average molecular weight is 372 g/mol. The predicted octanol–water partition coefficient (Wildman–Crippen LogP) is 3.22. The van der Waals surface area contributed by atoms with Crippen molar-refractivity contribution in [1.29, 1.82) is 0 Å². The molecule has 0 saturated heterocycles. The van der Waals surface area contributed by atoms with Crippen molar-refractivity contribution in [2.45, 2.75) is 40.4 Å². The summed E-state index contributed by atoms with van der Waals surface area (Å²) in [4.78, 5) is 12.1. The van der Waals surface area contributed by atoms with Crippen molar-refractivity contribution >= 4 is 24.5 Å². The second kappa shape index (κ2) is 6.95. The van der Waals surface area contributed by atoms with Gasteiger partial charge in [0.25, 0.3) is 0 Å². The summed E-state index contributed by atoms with van der Waals surface area (Å²) < 4.78 is 44.1. The molecule has 0 heterocycles. The van der Waals surface area contributed by atoms with E-state index in [4.69, 9.17) is 4.74 Å². The van der Waals surface area contributed by atoms with Gasteiger partial charge in [-0.3, -0.25) is 0 Å². The lowest BCUT2D eigenvalue weighted by Crippen LogP contribution is -2.17. The largest absolute Gasteiger partial charge is 0.488 e. The van der Waals surface area contributed by atoms with Gasteiger partial charge in [-0.25, -0.2) is 4.79 Å². The standard InChI is InChI=1S/C16H21FO5SSi/c1-10-13(8-9-24(5,6)7)11(2)15(22-23(17,19)20)12(3)14(10)16(18)21-4/h1-7H3. The van der Waals surface area contributed by atoms with Crippen LogP contribution >= 0.6 is 0 Å². The van der Waals surface area contributed by atoms with Gasteiger partial charge in [-0.05, 0) is 26.3 Å². The number of carbonyl (C=O) groups excluding carboxylic acids is 1. The normalized spacial score (nSPS) is 11.5. The van der Waals surface area contributed by atoms with E-state index < -0.39 is 24.5 Å². The third-order valence-corrected chi connectivity index (χ3v) is 4.56. The SMILES string of the molecule is COC(=O)c1c(C)c(C#C[Si](C)(C)C)c(C)c(OS(=O)(=O)F)c1C. The molecule has 1 rings (SSSR count). The van der Waals surface area contributed by atoms with Gasteiger partial charge in [0.05, 0.1) is 12.7 Å². The molecule has 0 saturated carbocycles. The molecule has 1 aromatic carbocycles. The molecule has 0 aromatic heterocycles. The molecule has 1 aromatic rings. The number of hydrogen-bond acceptors (Lipinski definition) is 5. The Bertz CT molecular complexity index is 842. The number of carbonyl (C=O) groups is 1. The van der Waals surface area contributed by atoms with Crippen molar-refractivity contribution in [3.05, 3.63) is 27.8 Å². The third-order valence-electron chi connectivity index (χ3n) is 3.32. The monoisotopic (exact) mass is 372 g/mol. The first-order valence-electron chi connectivity index (χ1n) is 7.17. The molecular formula is C16H21FO5SSi. The van der Waals surface area contributed by atoms with Gasteiger partial charge in [-0.15, -0.1) is 5.54 Å². The van der Waals surface area contributed by atoms with Crippen LogP contribution in [0.25, 0.3) is 0 Å². The minimum atomic E-state index is -5.24. The van der Waals surface area contributed by atoms with Crippen molar-refractivity contribution in [3.8, 4) is 17.2 Å². The number of esters is 1. The summed E-state index contributed by atoms with van der Waals surface area (Å²) in [6.45, 7) is 10.9. The first kappa shape index (κ1) is 20.2. The van der Waals surface area contributed by atoms with Gasteiger partial charge < -0.3 is 8.92 Å². The van der Waals surface area contributed by atoms with Crippen LogP contribution in [0.2, 0.25) is 19.6 Å². The summed E-state index contributed by atoms with van der Waals surface area (Å²) in [5.74, 6) is 2.10. The van der Waals surface area contributed by atoms with Gasteiger partial charge in [0, 0.05) is 16.7 Å². The minimum Gasteiger partial charge on any atom is -0.465 e. The molecule has 0 radical (unpaired) electrons. The number of halogens is 1. The highest BCUT2D eigenvalue weighted by Gasteiger charge is 2.25. The van der Waals surface area contributed by atoms with Crippen molar-refractivity contribution in [3.63, 3.8) is 0 Å². The van der Waals surface area contributed by atoms with Gasteiger partial charge >= 0.3 is 16.5 Å². The van der Waals surface area contributed by atoms with E-state index in [1.54, 1.807) is 13.8 Å². The van der Waals surface area contributed by atoms with Crippen LogP contribution in [0.4, 0.5) is 3.89 Å². The van der Waals surface area contributed by atoms with Crippen LogP contribution in [0.3, 0.4) is 0 Å². The number of methoxy groups -OCH3 is 1. The lowest BCUT2D eigenvalue weighted by molar-refractivity contribution is 0.0598. The average Bonchev–Trinajstić information content (AvgIpc) is 2.41. The smallest absolute Gasteiger partial charge is 0.465 e. The molecule has 0 aliphatic heterocycles. The Hall–Kier alpha value is -1.85. The quantitative estimate of drug-likeness (QED) is 0.353. The summed E-state index contributed by atoms with van der Waals surface area (Å²) in [6, 6.07) is 0. The zero-order chi connectivity index (χ0) is 18.9. The molecule has 8 heteroatoms. The lowest BCUT2D eigenvalue weighted by Gasteiger charge is -2.17. The first-order chi connectivity index (χ1) is 10.8. The topological polar surface area (TPSA) is 69.7 Å². The maximum absolute atomic E-state index is 13.1. The predicted molar refractivity (Wildman–Crippen MR) is 92.9 cm³/mol. The van der Waals surface area contributed by atoms with E-state index >= 15 is 0 Å². The summed E-state index contributed by atoms with van der Waals surface area (Å²) >= 11 is 0. The van der Waals surface area contributed by atoms with Crippen LogP contribution < -0.4 is 4.18 Å². The van der Waals surface area contributed by atoms with Crippen LogP contribution in [0.1, 0.15) is 32.6 Å². The zero-order valence-corrected chi connectivity index (χ0v) is 16.6. The van der Waals surface area contributed by atoms with Crippen molar-refractivity contribution < 1.29 is 26.0 Å². The third kappa shape index (κ3) is 4.82. The number of rotatable bonds is 3. The van der Waals surface area contributed by atoms with E-state index in [0.717, 1.165) is 0 Å². The molecule has 0 aliphatic carbocycles. The second-order valence-electron chi connectivity index (χ2n) is 6.42. The molecule has 24 heavy (non-hydrogen) atoms. The maximum atomic E-state index is 13.1. The van der Waals surface area contributed by atoms with E-state index in [-0.39, 0.29) is 16.9 Å². The minimum absolute atomic E-state index is 0.127. The summed E-state index contributed by atoms with van der Waals surface area (Å²) in [5.41, 5.74) is 4.83. The molecule has 0 aliphatic rings. The van der Waals surface area contributed by atoms with E-state index in [1.165, 1.54) is 14.0 Å². The van der Waals surface area contributed by atoms with Gasteiger partial charge in [0.15, 0.2) is 5.75 Å². The number of benzene rings is 1. The Kier molecular flexibility index (Phi) is 5.85. The summed E-state index contributed by atoms with van der Waals surface area (Å²) in [5, 5.41) is 0. The highest BCUT2D eigenvalue weighted by Crippen LogP contribution is 2.34. The van der Waals surface area contributed by atoms with Gasteiger partial charge in [-0.2, -0.15) is 8.42 Å². The Balaban J connectivity index is 3.85. The maximum Gasteiger partial charge on any atom is 0.488 e. The Morgan fingerprint density at radius 1 is 1.08 bits per heavy atom. The van der Waals surface area contributed by atoms with Crippen molar-refractivity contribution in [2.75, 3.05) is 7.11 Å². The summed E-state index contributed by atoms with van der Waals surface area (Å²) in [7, 11) is -5.75. The molecule has 0 N–H and O–H groups in total. The molecular weight excluding hydrogens is 351 g/mol. The first-order valence-corrected chi connectivity index (χ1v) is 12.0. The van der Waals surface area contributed by atoms with Crippen molar-refractivity contribution in [1.82, 2.24) is 0 Å². The van der Waals surface area contributed by atoms with Crippen LogP contribution in [-0.4, -0.2) is 29.6 Å². The van der Waals surface area contributed by atoms with E-state index in [0.29, 0.717) is 16.7 Å². The van der Waals surface area contributed by atoms with Crippen LogP contribution in [0.15, 0.2) is 0 Å². The molecule has 0 amide bonds. The Morgan fingerprint density at radius 2 is 1.62 bits per heavy atom. The molecule has 0 bridgehead atoms. The molecule has 0 spiro atoms. The Labute approximate surface area is 143 Å². The van der Waals surface area contributed by atoms with Crippen molar-refractivity contribution in [2.24, 2.45) is 0 Å². The van der Waals surface area contributed by atoms with Gasteiger partial charge in [0.2, 0.25) is 0 Å². The molecule has 0 atom stereocenters. The fourth-order valence-corrected chi connectivity index (χ4v) is 3.22. The zero-order valence-electron chi connectivity index (χ0n) is 14.8. The Morgan fingerprint density at radius 3 is 2.04 bits per heavy atom. The number of ether oxygens (including phenoxy) is 1. The van der Waals surface area contributed by atoms with E-state index in [2.05, 4.69) is 15.6 Å². The van der Waals surface area contributed by atoms with E-state index in [1.807, 2.05) is 19.6 Å². The fraction of sp³-hybridized carbons (Fsp3) is 0.438. The highest BCUT2D eigenvalue weighted by molar-refractivity contribution is 7.81. The van der Waals surface area contributed by atoms with Crippen LogP contribution in [0, 0.1) is 32.2 Å². The van der Waals surface area contributed by atoms with Gasteiger partial charge in [-0.1, -0.05) is 29.4 Å². The summed E-state index contributed by atoms with van der Waals surface area (Å²) in [6.07, 6.45) is 0. The fourth-order valence-electron chi connectivity index (χ4n) is 2.27. The highest BCUT2D eigenvalue weighted by atomic mass is 32.3. The molecule has 132 valence electrons. The van der Waals surface area contributed by atoms with Crippen LogP contribution in [0.5, 0.6) is 5.75 Å². The molecule has 5 nitrogen and oxygen atoms in total.